The topological polar surface area (TPSA) is 96.0 Å². The zero-order valence-electron chi connectivity index (χ0n) is 15.3. The maximum Gasteiger partial charge on any atom is 0.271 e. The quantitative estimate of drug-likeness (QED) is 0.549. The number of rotatable bonds is 7. The summed E-state index contributed by atoms with van der Waals surface area (Å²) < 4.78 is 27.7. The van der Waals surface area contributed by atoms with Crippen LogP contribution in [0.2, 0.25) is 0 Å². The number of nitrogens with zero attached hydrogens (tertiary/aromatic N) is 2. The lowest BCUT2D eigenvalue weighted by molar-refractivity contribution is 0.603. The molecule has 142 valence electrons. The molecule has 0 bridgehead atoms. The number of aryl methyl sites for hydroxylation is 2. The van der Waals surface area contributed by atoms with Crippen molar-refractivity contribution < 1.29 is 8.42 Å². The van der Waals surface area contributed by atoms with Crippen LogP contribution in [0, 0.1) is 13.8 Å². The third-order valence-electron chi connectivity index (χ3n) is 3.59. The maximum atomic E-state index is 12.4. The number of hydrogen-bond acceptors (Lipinski definition) is 7. The van der Waals surface area contributed by atoms with Crippen LogP contribution >= 0.6 is 11.3 Å². The Bertz CT molecular complexity index is 1030. The van der Waals surface area contributed by atoms with Gasteiger partial charge in [0.05, 0.1) is 0 Å². The molecule has 0 fully saturated rings. The summed E-state index contributed by atoms with van der Waals surface area (Å²) in [6.45, 7) is 6.48. The van der Waals surface area contributed by atoms with Gasteiger partial charge >= 0.3 is 0 Å². The second kappa shape index (κ2) is 7.93. The molecule has 0 amide bonds. The lowest BCUT2D eigenvalue weighted by atomic mass is 10.3. The average molecular weight is 404 g/mol. The van der Waals surface area contributed by atoms with Gasteiger partial charge in [0, 0.05) is 28.9 Å². The van der Waals surface area contributed by atoms with Crippen molar-refractivity contribution in [2.75, 3.05) is 21.9 Å². The molecule has 3 rings (SSSR count). The van der Waals surface area contributed by atoms with Crippen LogP contribution in [0.4, 0.5) is 23.0 Å². The molecule has 1 aromatic carbocycles. The van der Waals surface area contributed by atoms with E-state index in [0.29, 0.717) is 21.5 Å². The first-order valence-corrected chi connectivity index (χ1v) is 10.7. The number of hydrogen-bond donors (Lipinski definition) is 3. The molecule has 2 heterocycles. The fourth-order valence-corrected chi connectivity index (χ4v) is 4.78. The zero-order chi connectivity index (χ0) is 19.4. The molecule has 2 aromatic heterocycles. The Morgan fingerprint density at radius 2 is 1.63 bits per heavy atom. The van der Waals surface area contributed by atoms with Crippen molar-refractivity contribution in [1.29, 1.82) is 0 Å². The van der Waals surface area contributed by atoms with E-state index in [1.54, 1.807) is 36.4 Å². The van der Waals surface area contributed by atoms with Gasteiger partial charge in [-0.1, -0.05) is 0 Å². The highest BCUT2D eigenvalue weighted by molar-refractivity contribution is 7.94. The Morgan fingerprint density at radius 3 is 2.26 bits per heavy atom. The number of aromatic nitrogens is 2. The average Bonchev–Trinajstić information content (AvgIpc) is 3.04. The predicted octanol–water partition coefficient (Wildman–Crippen LogP) is 4.13. The standard InChI is InChI=1S/C18H21N5O2S2/c1-4-19-16-11-17(21-13(3)20-16)22-14-6-8-15(9-7-14)23-27(24,25)18-10-5-12(2)26-18/h5-11,23H,4H2,1-3H3,(H2,19,20,21,22). The SMILES string of the molecule is CCNc1cc(Nc2ccc(NS(=O)(=O)c3ccc(C)s3)cc2)nc(C)n1. The normalized spacial score (nSPS) is 11.2. The second-order valence-corrected chi connectivity index (χ2v) is 9.09. The Kier molecular flexibility index (Phi) is 5.62. The van der Waals surface area contributed by atoms with Crippen molar-refractivity contribution in [1.82, 2.24) is 9.97 Å². The van der Waals surface area contributed by atoms with Gasteiger partial charge in [0.2, 0.25) is 0 Å². The van der Waals surface area contributed by atoms with E-state index in [4.69, 9.17) is 0 Å². The molecule has 0 aliphatic carbocycles. The fourth-order valence-electron chi connectivity index (χ4n) is 2.43. The van der Waals surface area contributed by atoms with E-state index in [9.17, 15) is 8.42 Å². The van der Waals surface area contributed by atoms with Crippen LogP contribution < -0.4 is 15.4 Å². The van der Waals surface area contributed by atoms with Crippen LogP contribution in [0.5, 0.6) is 0 Å². The molecule has 0 unspecified atom stereocenters. The molecule has 3 aromatic rings. The Hall–Kier alpha value is -2.65. The van der Waals surface area contributed by atoms with Crippen LogP contribution in [-0.4, -0.2) is 24.9 Å². The van der Waals surface area contributed by atoms with Gasteiger partial charge in [-0.15, -0.1) is 11.3 Å². The second-order valence-electron chi connectivity index (χ2n) is 5.89. The van der Waals surface area contributed by atoms with Crippen molar-refractivity contribution >= 4 is 44.4 Å². The molecule has 0 aliphatic heterocycles. The van der Waals surface area contributed by atoms with Crippen LogP contribution in [0.25, 0.3) is 0 Å². The molecule has 7 nitrogen and oxygen atoms in total. The minimum atomic E-state index is -3.56. The summed E-state index contributed by atoms with van der Waals surface area (Å²) in [5.74, 6) is 2.08. The van der Waals surface area contributed by atoms with Gasteiger partial charge in [0.15, 0.2) is 0 Å². The summed E-state index contributed by atoms with van der Waals surface area (Å²) in [5.41, 5.74) is 1.30. The Morgan fingerprint density at radius 1 is 0.963 bits per heavy atom. The highest BCUT2D eigenvalue weighted by atomic mass is 32.2. The van der Waals surface area contributed by atoms with Crippen molar-refractivity contribution in [3.8, 4) is 0 Å². The largest absolute Gasteiger partial charge is 0.370 e. The molecule has 9 heteroatoms. The fraction of sp³-hybridized carbons (Fsp3) is 0.222. The van der Waals surface area contributed by atoms with E-state index in [-0.39, 0.29) is 0 Å². The number of benzene rings is 1. The summed E-state index contributed by atoms with van der Waals surface area (Å²) in [4.78, 5) is 9.63. The molecular weight excluding hydrogens is 382 g/mol. The third-order valence-corrected chi connectivity index (χ3v) is 6.46. The zero-order valence-corrected chi connectivity index (χ0v) is 16.9. The third kappa shape index (κ3) is 4.95. The highest BCUT2D eigenvalue weighted by Gasteiger charge is 2.16. The molecule has 0 aliphatic rings. The molecule has 0 saturated heterocycles. The summed E-state index contributed by atoms with van der Waals surface area (Å²) >= 11 is 1.24. The van der Waals surface area contributed by atoms with Gasteiger partial charge < -0.3 is 10.6 Å². The Labute approximate surface area is 162 Å². The molecule has 27 heavy (non-hydrogen) atoms. The summed E-state index contributed by atoms with van der Waals surface area (Å²) in [7, 11) is -3.56. The van der Waals surface area contributed by atoms with Gasteiger partial charge in [-0.25, -0.2) is 18.4 Å². The van der Waals surface area contributed by atoms with E-state index in [1.165, 1.54) is 11.3 Å². The maximum absolute atomic E-state index is 12.4. The number of thiophene rings is 1. The number of anilines is 4. The lowest BCUT2D eigenvalue weighted by Gasteiger charge is -2.10. The smallest absolute Gasteiger partial charge is 0.271 e. The first-order chi connectivity index (χ1) is 12.9. The van der Waals surface area contributed by atoms with Crippen molar-refractivity contribution in [2.24, 2.45) is 0 Å². The van der Waals surface area contributed by atoms with E-state index in [2.05, 4.69) is 25.3 Å². The minimum absolute atomic E-state index is 0.301. The first kappa shape index (κ1) is 19.1. The number of nitrogens with one attached hydrogen (secondary N) is 3. The molecule has 0 saturated carbocycles. The van der Waals surface area contributed by atoms with Gasteiger partial charge in [-0.05, 0) is 57.2 Å². The number of sulfonamides is 1. The van der Waals surface area contributed by atoms with Gasteiger partial charge in [0.25, 0.3) is 10.0 Å². The summed E-state index contributed by atoms with van der Waals surface area (Å²) in [6, 6.07) is 12.2. The van der Waals surface area contributed by atoms with E-state index >= 15 is 0 Å². The molecule has 3 N–H and O–H groups in total. The Balaban J connectivity index is 1.72. The molecule has 0 spiro atoms. The minimum Gasteiger partial charge on any atom is -0.370 e. The summed E-state index contributed by atoms with van der Waals surface area (Å²) in [5, 5.41) is 6.36. The van der Waals surface area contributed by atoms with E-state index < -0.39 is 10.0 Å². The van der Waals surface area contributed by atoms with Gasteiger partial charge in [0.1, 0.15) is 21.7 Å². The van der Waals surface area contributed by atoms with Crippen LogP contribution in [0.15, 0.2) is 46.7 Å². The van der Waals surface area contributed by atoms with Gasteiger partial charge in [-0.3, -0.25) is 4.72 Å². The van der Waals surface area contributed by atoms with E-state index in [1.807, 2.05) is 26.8 Å². The van der Waals surface area contributed by atoms with E-state index in [0.717, 1.165) is 22.9 Å². The van der Waals surface area contributed by atoms with Crippen molar-refractivity contribution in [3.05, 3.63) is 53.2 Å². The first-order valence-electron chi connectivity index (χ1n) is 8.41. The lowest BCUT2D eigenvalue weighted by Crippen LogP contribution is -2.11. The van der Waals surface area contributed by atoms with Crippen LogP contribution in [-0.2, 0) is 10.0 Å². The van der Waals surface area contributed by atoms with Crippen molar-refractivity contribution in [3.63, 3.8) is 0 Å². The predicted molar refractivity (Wildman–Crippen MR) is 111 cm³/mol. The molecule has 0 atom stereocenters. The monoisotopic (exact) mass is 403 g/mol. The van der Waals surface area contributed by atoms with Crippen LogP contribution in [0.1, 0.15) is 17.6 Å². The highest BCUT2D eigenvalue weighted by Crippen LogP contribution is 2.25. The van der Waals surface area contributed by atoms with Crippen LogP contribution in [0.3, 0.4) is 0 Å². The van der Waals surface area contributed by atoms with Crippen molar-refractivity contribution in [2.45, 2.75) is 25.0 Å². The summed E-state index contributed by atoms with van der Waals surface area (Å²) in [6.07, 6.45) is 0. The molecular formula is C18H21N5O2S2. The van der Waals surface area contributed by atoms with Gasteiger partial charge in [-0.2, -0.15) is 0 Å². The molecule has 0 radical (unpaired) electrons.